The Hall–Kier alpha value is -8.14. The molecule has 0 saturated heterocycles. The predicted octanol–water partition coefficient (Wildman–Crippen LogP) is 14.2. The Labute approximate surface area is 367 Å². The second kappa shape index (κ2) is 14.2. The van der Waals surface area contributed by atoms with Crippen molar-refractivity contribution in [1.82, 2.24) is 0 Å². The molecule has 0 bridgehead atoms. The monoisotopic (exact) mass is 798 g/mol. The van der Waals surface area contributed by atoms with Crippen LogP contribution in [0.2, 0.25) is 0 Å². The molecule has 11 aromatic rings. The lowest BCUT2D eigenvalue weighted by Crippen LogP contribution is -2.61. The lowest BCUT2D eigenvalue weighted by molar-refractivity contribution is 1.25. The summed E-state index contributed by atoms with van der Waals surface area (Å²) in [5.74, 6) is 0. The SMILES string of the molecule is c1ccc(-c2ccc(-c3c4ccccc4c(-c4cc5c6c(c4)N(c4ccccc4)c4ccccc4B6c4ccccc4N5c4ccccc4)c4ccccc34)c3ccccc23)cc1. The van der Waals surface area contributed by atoms with Crippen LogP contribution in [0.15, 0.2) is 237 Å². The van der Waals surface area contributed by atoms with Gasteiger partial charge < -0.3 is 9.80 Å². The minimum absolute atomic E-state index is 0.0550. The summed E-state index contributed by atoms with van der Waals surface area (Å²) in [5.41, 5.74) is 18.5. The highest BCUT2D eigenvalue weighted by Crippen LogP contribution is 2.50. The molecular formula is C60H39BN2. The largest absolute Gasteiger partial charge is 0.311 e. The van der Waals surface area contributed by atoms with Gasteiger partial charge in [-0.15, -0.1) is 0 Å². The van der Waals surface area contributed by atoms with E-state index in [0.29, 0.717) is 0 Å². The minimum Gasteiger partial charge on any atom is -0.311 e. The van der Waals surface area contributed by atoms with Crippen LogP contribution in [0, 0.1) is 0 Å². The van der Waals surface area contributed by atoms with E-state index in [-0.39, 0.29) is 6.71 Å². The van der Waals surface area contributed by atoms with Gasteiger partial charge in [-0.05, 0) is 131 Å². The van der Waals surface area contributed by atoms with E-state index in [9.17, 15) is 0 Å². The molecule has 2 aliphatic heterocycles. The number of nitrogens with zero attached hydrogens (tertiary/aromatic N) is 2. The molecule has 0 fully saturated rings. The zero-order valence-electron chi connectivity index (χ0n) is 34.5. The highest BCUT2D eigenvalue weighted by molar-refractivity contribution is 7.00. The number of para-hydroxylation sites is 4. The van der Waals surface area contributed by atoms with Gasteiger partial charge in [0.2, 0.25) is 0 Å². The van der Waals surface area contributed by atoms with Gasteiger partial charge in [0, 0.05) is 34.1 Å². The van der Waals surface area contributed by atoms with E-state index >= 15 is 0 Å². The third-order valence-corrected chi connectivity index (χ3v) is 13.4. The van der Waals surface area contributed by atoms with E-state index in [1.807, 2.05) is 0 Å². The first kappa shape index (κ1) is 35.6. The molecule has 0 unspecified atom stereocenters. The third-order valence-electron chi connectivity index (χ3n) is 13.4. The van der Waals surface area contributed by atoms with Gasteiger partial charge in [0.1, 0.15) is 0 Å². The molecule has 3 heteroatoms. The summed E-state index contributed by atoms with van der Waals surface area (Å²) in [6.07, 6.45) is 0. The van der Waals surface area contributed by atoms with Crippen LogP contribution in [0.5, 0.6) is 0 Å². The normalized spacial score (nSPS) is 12.7. The number of benzene rings is 11. The predicted molar refractivity (Wildman–Crippen MR) is 269 cm³/mol. The molecular weight excluding hydrogens is 759 g/mol. The number of anilines is 6. The van der Waals surface area contributed by atoms with Crippen molar-refractivity contribution in [1.29, 1.82) is 0 Å². The van der Waals surface area contributed by atoms with Crippen molar-refractivity contribution in [3.05, 3.63) is 237 Å². The molecule has 0 saturated carbocycles. The van der Waals surface area contributed by atoms with Crippen molar-refractivity contribution in [2.45, 2.75) is 0 Å². The van der Waals surface area contributed by atoms with Gasteiger partial charge >= 0.3 is 0 Å². The van der Waals surface area contributed by atoms with Crippen molar-refractivity contribution >= 4 is 89.5 Å². The van der Waals surface area contributed by atoms with Crippen LogP contribution in [0.1, 0.15) is 0 Å². The van der Waals surface area contributed by atoms with Gasteiger partial charge in [0.25, 0.3) is 6.71 Å². The van der Waals surface area contributed by atoms with Crippen molar-refractivity contribution in [3.63, 3.8) is 0 Å². The molecule has 0 amide bonds. The molecule has 0 aliphatic carbocycles. The quantitative estimate of drug-likeness (QED) is 0.126. The topological polar surface area (TPSA) is 6.48 Å². The van der Waals surface area contributed by atoms with Crippen LogP contribution in [0.4, 0.5) is 34.1 Å². The molecule has 0 spiro atoms. The number of hydrogen-bond acceptors (Lipinski definition) is 2. The molecule has 2 heterocycles. The first-order valence-electron chi connectivity index (χ1n) is 21.9. The van der Waals surface area contributed by atoms with E-state index in [4.69, 9.17) is 0 Å². The molecule has 0 N–H and O–H groups in total. The average molecular weight is 799 g/mol. The Bertz CT molecular complexity index is 3410. The van der Waals surface area contributed by atoms with Crippen molar-refractivity contribution in [2.24, 2.45) is 0 Å². The fourth-order valence-corrected chi connectivity index (χ4v) is 10.9. The number of rotatable bonds is 5. The Kier molecular flexibility index (Phi) is 8.04. The molecule has 292 valence electrons. The van der Waals surface area contributed by atoms with E-state index in [2.05, 4.69) is 246 Å². The summed E-state index contributed by atoms with van der Waals surface area (Å²) in [4.78, 5) is 5.01. The molecule has 11 aromatic carbocycles. The standard InChI is InChI=1S/C60H39BN2/c1-4-20-40(21-5-1)44-36-37-51(46-27-11-10-26-45(44)46)59-49-30-14-12-28-47(49)58(48-29-13-15-31-50(48)59)41-38-56-60-57(39-41)63(43-24-8-3-9-25-43)55-35-19-17-33-53(55)61(60)52-32-16-18-34-54(52)62(56)42-22-6-2-7-23-42/h1-39H. The first-order valence-corrected chi connectivity index (χ1v) is 21.9. The summed E-state index contributed by atoms with van der Waals surface area (Å²) in [5, 5.41) is 7.45. The fraction of sp³-hybridized carbons (Fsp3) is 0. The number of fused-ring (bicyclic) bond motifs is 7. The van der Waals surface area contributed by atoms with Gasteiger partial charge in [0.05, 0.1) is 0 Å². The summed E-state index contributed by atoms with van der Waals surface area (Å²) in [7, 11) is 0. The van der Waals surface area contributed by atoms with Crippen molar-refractivity contribution in [3.8, 4) is 33.4 Å². The van der Waals surface area contributed by atoms with Gasteiger partial charge in [-0.2, -0.15) is 0 Å². The fourth-order valence-electron chi connectivity index (χ4n) is 10.9. The molecule has 2 aliphatic rings. The molecule has 63 heavy (non-hydrogen) atoms. The molecule has 13 rings (SSSR count). The highest BCUT2D eigenvalue weighted by Gasteiger charge is 2.43. The maximum Gasteiger partial charge on any atom is 0.252 e. The minimum atomic E-state index is 0.0550. The van der Waals surface area contributed by atoms with Gasteiger partial charge in [-0.3, -0.25) is 0 Å². The van der Waals surface area contributed by atoms with E-state index in [1.54, 1.807) is 0 Å². The average Bonchev–Trinajstić information content (AvgIpc) is 3.36. The van der Waals surface area contributed by atoms with Crippen LogP contribution in [-0.4, -0.2) is 6.71 Å². The third kappa shape index (κ3) is 5.40. The molecule has 0 radical (unpaired) electrons. The molecule has 0 aromatic heterocycles. The Morgan fingerprint density at radius 2 is 0.651 bits per heavy atom. The molecule has 2 nitrogen and oxygen atoms in total. The lowest BCUT2D eigenvalue weighted by Gasteiger charge is -2.44. The van der Waals surface area contributed by atoms with E-state index in [0.717, 1.165) is 11.4 Å². The van der Waals surface area contributed by atoms with Crippen LogP contribution in [0.25, 0.3) is 65.7 Å². The Balaban J connectivity index is 1.14. The zero-order valence-corrected chi connectivity index (χ0v) is 34.5. The highest BCUT2D eigenvalue weighted by atomic mass is 15.2. The van der Waals surface area contributed by atoms with Crippen molar-refractivity contribution < 1.29 is 0 Å². The van der Waals surface area contributed by atoms with Crippen LogP contribution >= 0.6 is 0 Å². The first-order chi connectivity index (χ1) is 31.3. The van der Waals surface area contributed by atoms with Crippen LogP contribution < -0.4 is 26.2 Å². The van der Waals surface area contributed by atoms with E-state index in [1.165, 1.54) is 105 Å². The second-order valence-corrected chi connectivity index (χ2v) is 16.7. The van der Waals surface area contributed by atoms with Gasteiger partial charge in [-0.25, -0.2) is 0 Å². The summed E-state index contributed by atoms with van der Waals surface area (Å²) < 4.78 is 0. The van der Waals surface area contributed by atoms with E-state index < -0.39 is 0 Å². The maximum atomic E-state index is 2.50. The Morgan fingerprint density at radius 1 is 0.270 bits per heavy atom. The van der Waals surface area contributed by atoms with Crippen molar-refractivity contribution in [2.75, 3.05) is 9.80 Å². The second-order valence-electron chi connectivity index (χ2n) is 16.7. The lowest BCUT2D eigenvalue weighted by atomic mass is 9.33. The molecule has 0 atom stereocenters. The summed E-state index contributed by atoms with van der Waals surface area (Å²) in [6.45, 7) is 0.0550. The number of hydrogen-bond donors (Lipinski definition) is 0. The maximum absolute atomic E-state index is 2.50. The zero-order chi connectivity index (χ0) is 41.4. The van der Waals surface area contributed by atoms with Crippen LogP contribution in [0.3, 0.4) is 0 Å². The smallest absolute Gasteiger partial charge is 0.252 e. The Morgan fingerprint density at radius 3 is 1.16 bits per heavy atom. The summed E-state index contributed by atoms with van der Waals surface area (Å²) in [6, 6.07) is 87.4. The van der Waals surface area contributed by atoms with Gasteiger partial charge in [-0.1, -0.05) is 188 Å². The summed E-state index contributed by atoms with van der Waals surface area (Å²) >= 11 is 0. The van der Waals surface area contributed by atoms with Crippen LogP contribution in [-0.2, 0) is 0 Å². The van der Waals surface area contributed by atoms with Gasteiger partial charge in [0.15, 0.2) is 0 Å².